The summed E-state index contributed by atoms with van der Waals surface area (Å²) in [7, 11) is 1.71. The number of benzene rings is 1. The number of rotatable bonds is 3. The van der Waals surface area contributed by atoms with Crippen LogP contribution in [0.3, 0.4) is 0 Å². The van der Waals surface area contributed by atoms with E-state index in [0.29, 0.717) is 5.56 Å². The Hall–Kier alpha value is -0.870. The molecule has 0 aliphatic carbocycles. The molecule has 0 atom stereocenters. The Morgan fingerprint density at radius 3 is 2.59 bits per heavy atom. The van der Waals surface area contributed by atoms with Gasteiger partial charge < -0.3 is 10.0 Å². The van der Waals surface area contributed by atoms with Crippen molar-refractivity contribution in [3.63, 3.8) is 0 Å². The van der Waals surface area contributed by atoms with Gasteiger partial charge in [-0.2, -0.15) is 0 Å². The third-order valence-electron chi connectivity index (χ3n) is 3.03. The second kappa shape index (κ2) is 5.19. The molecule has 0 aromatic heterocycles. The third kappa shape index (κ3) is 3.07. The number of aliphatic hydroxyl groups is 1. The number of halogens is 1. The molecule has 0 heterocycles. The summed E-state index contributed by atoms with van der Waals surface area (Å²) >= 11 is 3.36. The van der Waals surface area contributed by atoms with E-state index in [1.165, 1.54) is 0 Å². The van der Waals surface area contributed by atoms with E-state index in [0.717, 1.165) is 10.0 Å². The van der Waals surface area contributed by atoms with Crippen molar-refractivity contribution >= 4 is 21.8 Å². The van der Waals surface area contributed by atoms with Crippen LogP contribution in [0.5, 0.6) is 0 Å². The van der Waals surface area contributed by atoms with Gasteiger partial charge in [-0.05, 0) is 38.5 Å². The van der Waals surface area contributed by atoms with Crippen molar-refractivity contribution < 1.29 is 9.90 Å². The third-order valence-corrected chi connectivity index (χ3v) is 3.52. The monoisotopic (exact) mass is 299 g/mol. The van der Waals surface area contributed by atoms with Crippen LogP contribution < -0.4 is 0 Å². The van der Waals surface area contributed by atoms with Gasteiger partial charge in [-0.1, -0.05) is 22.0 Å². The molecule has 0 radical (unpaired) electrons. The van der Waals surface area contributed by atoms with Crippen LogP contribution in [0.25, 0.3) is 0 Å². The number of carbonyl (C=O) groups excluding carboxylic acids is 1. The zero-order valence-electron chi connectivity index (χ0n) is 10.6. The summed E-state index contributed by atoms with van der Waals surface area (Å²) in [6.07, 6.45) is 0. The molecule has 0 bridgehead atoms. The lowest BCUT2D eigenvalue weighted by atomic mass is 10.0. The molecule has 0 aliphatic rings. The lowest BCUT2D eigenvalue weighted by molar-refractivity contribution is 0.0472. The molecule has 0 fully saturated rings. The maximum atomic E-state index is 12.3. The number of carbonyl (C=O) groups is 1. The Bertz CT molecular complexity index is 429. The molecule has 0 saturated heterocycles. The highest BCUT2D eigenvalue weighted by atomic mass is 79.9. The largest absolute Gasteiger partial charge is 0.394 e. The normalized spacial score (nSPS) is 11.4. The Morgan fingerprint density at radius 1 is 1.47 bits per heavy atom. The average molecular weight is 300 g/mol. The number of aryl methyl sites for hydroxylation is 1. The SMILES string of the molecule is Cc1ccc(Br)cc1C(=O)N(C)C(C)(C)CO. The summed E-state index contributed by atoms with van der Waals surface area (Å²) in [5.41, 5.74) is 1.02. The second-order valence-electron chi connectivity index (χ2n) is 4.79. The predicted octanol–water partition coefficient (Wildman–Crippen LogP) is 2.60. The van der Waals surface area contributed by atoms with Gasteiger partial charge >= 0.3 is 0 Å². The molecule has 0 saturated carbocycles. The molecular formula is C13H18BrNO2. The fourth-order valence-corrected chi connectivity index (χ4v) is 1.75. The van der Waals surface area contributed by atoms with Crippen LogP contribution in [0.1, 0.15) is 29.8 Å². The van der Waals surface area contributed by atoms with Gasteiger partial charge in [-0.25, -0.2) is 0 Å². The standard InChI is InChI=1S/C13H18BrNO2/c1-9-5-6-10(14)7-11(9)12(17)15(4)13(2,3)8-16/h5-7,16H,8H2,1-4H3. The molecule has 94 valence electrons. The number of hydrogen-bond donors (Lipinski definition) is 1. The number of likely N-dealkylation sites (N-methyl/N-ethyl adjacent to an activating group) is 1. The number of amides is 1. The van der Waals surface area contributed by atoms with Crippen molar-refractivity contribution in [3.8, 4) is 0 Å². The highest BCUT2D eigenvalue weighted by molar-refractivity contribution is 9.10. The average Bonchev–Trinajstić information content (AvgIpc) is 2.30. The van der Waals surface area contributed by atoms with Gasteiger partial charge in [0.2, 0.25) is 0 Å². The second-order valence-corrected chi connectivity index (χ2v) is 5.71. The van der Waals surface area contributed by atoms with Crippen LogP contribution in [-0.4, -0.2) is 35.1 Å². The van der Waals surface area contributed by atoms with Crippen LogP contribution in [0.4, 0.5) is 0 Å². The van der Waals surface area contributed by atoms with Crippen molar-refractivity contribution in [2.45, 2.75) is 26.3 Å². The highest BCUT2D eigenvalue weighted by Gasteiger charge is 2.28. The molecule has 0 spiro atoms. The van der Waals surface area contributed by atoms with E-state index in [9.17, 15) is 9.90 Å². The maximum absolute atomic E-state index is 12.3. The van der Waals surface area contributed by atoms with Gasteiger partial charge in [0, 0.05) is 17.1 Å². The van der Waals surface area contributed by atoms with Crippen molar-refractivity contribution in [2.24, 2.45) is 0 Å². The highest BCUT2D eigenvalue weighted by Crippen LogP contribution is 2.21. The van der Waals surface area contributed by atoms with Gasteiger partial charge in [0.25, 0.3) is 5.91 Å². The van der Waals surface area contributed by atoms with Gasteiger partial charge in [-0.15, -0.1) is 0 Å². The van der Waals surface area contributed by atoms with Crippen LogP contribution in [-0.2, 0) is 0 Å². The fourth-order valence-electron chi connectivity index (χ4n) is 1.39. The quantitative estimate of drug-likeness (QED) is 0.932. The molecule has 0 unspecified atom stereocenters. The van der Waals surface area contributed by atoms with Crippen LogP contribution in [0.2, 0.25) is 0 Å². The lowest BCUT2D eigenvalue weighted by Crippen LogP contribution is -2.47. The van der Waals surface area contributed by atoms with Crippen molar-refractivity contribution in [1.29, 1.82) is 0 Å². The summed E-state index contributed by atoms with van der Waals surface area (Å²) in [4.78, 5) is 13.9. The maximum Gasteiger partial charge on any atom is 0.254 e. The fraction of sp³-hybridized carbons (Fsp3) is 0.462. The van der Waals surface area contributed by atoms with E-state index in [4.69, 9.17) is 0 Å². The minimum atomic E-state index is -0.564. The Morgan fingerprint density at radius 2 is 2.06 bits per heavy atom. The number of nitrogens with zero attached hydrogens (tertiary/aromatic N) is 1. The first kappa shape index (κ1) is 14.2. The zero-order chi connectivity index (χ0) is 13.2. The van der Waals surface area contributed by atoms with E-state index in [1.54, 1.807) is 11.9 Å². The minimum Gasteiger partial charge on any atom is -0.394 e. The minimum absolute atomic E-state index is 0.0672. The summed E-state index contributed by atoms with van der Waals surface area (Å²) in [6.45, 7) is 5.50. The van der Waals surface area contributed by atoms with Gasteiger partial charge in [-0.3, -0.25) is 4.79 Å². The van der Waals surface area contributed by atoms with E-state index in [2.05, 4.69) is 15.9 Å². The summed E-state index contributed by atoms with van der Waals surface area (Å²) in [5.74, 6) is -0.0807. The molecular weight excluding hydrogens is 282 g/mol. The molecule has 0 aliphatic heterocycles. The summed E-state index contributed by atoms with van der Waals surface area (Å²) in [5, 5.41) is 9.28. The molecule has 17 heavy (non-hydrogen) atoms. The van der Waals surface area contributed by atoms with Gasteiger partial charge in [0.1, 0.15) is 0 Å². The zero-order valence-corrected chi connectivity index (χ0v) is 12.2. The first-order valence-corrected chi connectivity index (χ1v) is 6.24. The molecule has 1 amide bonds. The first-order valence-electron chi connectivity index (χ1n) is 5.45. The van der Waals surface area contributed by atoms with Crippen LogP contribution in [0.15, 0.2) is 22.7 Å². The smallest absolute Gasteiger partial charge is 0.254 e. The van der Waals surface area contributed by atoms with Crippen LogP contribution >= 0.6 is 15.9 Å². The number of hydrogen-bond acceptors (Lipinski definition) is 2. The molecule has 1 N–H and O–H groups in total. The van der Waals surface area contributed by atoms with Crippen molar-refractivity contribution in [2.75, 3.05) is 13.7 Å². The van der Waals surface area contributed by atoms with E-state index >= 15 is 0 Å². The molecule has 4 heteroatoms. The molecule has 1 rings (SSSR count). The van der Waals surface area contributed by atoms with E-state index in [-0.39, 0.29) is 12.5 Å². The van der Waals surface area contributed by atoms with Gasteiger partial charge in [0.05, 0.1) is 12.1 Å². The van der Waals surface area contributed by atoms with E-state index < -0.39 is 5.54 Å². The Balaban J connectivity index is 3.08. The Labute approximate surface area is 111 Å². The van der Waals surface area contributed by atoms with Crippen LogP contribution in [0, 0.1) is 6.92 Å². The predicted molar refractivity (Wildman–Crippen MR) is 72.1 cm³/mol. The van der Waals surface area contributed by atoms with E-state index in [1.807, 2.05) is 39.0 Å². The molecule has 3 nitrogen and oxygen atoms in total. The Kier molecular flexibility index (Phi) is 4.33. The van der Waals surface area contributed by atoms with Gasteiger partial charge in [0.15, 0.2) is 0 Å². The number of aliphatic hydroxyl groups excluding tert-OH is 1. The lowest BCUT2D eigenvalue weighted by Gasteiger charge is -2.34. The topological polar surface area (TPSA) is 40.5 Å². The summed E-state index contributed by atoms with van der Waals surface area (Å²) < 4.78 is 0.877. The van der Waals surface area contributed by atoms with Crippen molar-refractivity contribution in [1.82, 2.24) is 4.90 Å². The van der Waals surface area contributed by atoms with Crippen molar-refractivity contribution in [3.05, 3.63) is 33.8 Å². The summed E-state index contributed by atoms with van der Waals surface area (Å²) in [6, 6.07) is 5.61. The first-order chi connectivity index (χ1) is 7.79. The molecule has 1 aromatic carbocycles. The molecule has 1 aromatic rings.